The van der Waals surface area contributed by atoms with Gasteiger partial charge in [-0.15, -0.1) is 0 Å². The number of aryl methyl sites for hydroxylation is 2. The molecule has 0 fully saturated rings. The van der Waals surface area contributed by atoms with Crippen molar-refractivity contribution in [3.8, 4) is 0 Å². The molecular weight excluding hydrogens is 292 g/mol. The Hall–Kier alpha value is -1.55. The molecule has 3 nitrogen and oxygen atoms in total. The van der Waals surface area contributed by atoms with Gasteiger partial charge in [0, 0.05) is 21.5 Å². The first-order valence-electron chi connectivity index (χ1n) is 5.75. The first-order valence-corrected chi connectivity index (χ1v) is 6.54. The van der Waals surface area contributed by atoms with Gasteiger partial charge in [-0.2, -0.15) is 0 Å². The zero-order valence-corrected chi connectivity index (χ0v) is 12.0. The van der Waals surface area contributed by atoms with E-state index in [1.165, 1.54) is 0 Å². The molecule has 1 aromatic heterocycles. The van der Waals surface area contributed by atoms with Gasteiger partial charge in [0.05, 0.1) is 6.42 Å². The molecule has 0 saturated heterocycles. The smallest absolute Gasteiger partial charge is 0.228 e. The summed E-state index contributed by atoms with van der Waals surface area (Å²) in [5.74, 6) is -0.000535. The first kappa shape index (κ1) is 12.9. The number of H-pyrrole nitrogens is 1. The Bertz CT molecular complexity index is 558. The summed E-state index contributed by atoms with van der Waals surface area (Å²) >= 11 is 3.36. The van der Waals surface area contributed by atoms with Gasteiger partial charge in [-0.05, 0) is 49.7 Å². The Kier molecular flexibility index (Phi) is 3.87. The number of aromatic amines is 1. The summed E-state index contributed by atoms with van der Waals surface area (Å²) in [5.41, 5.74) is 3.99. The third-order valence-electron chi connectivity index (χ3n) is 2.74. The number of aromatic nitrogens is 1. The third kappa shape index (κ3) is 3.23. The Balaban J connectivity index is 2.01. The molecule has 2 rings (SSSR count). The Morgan fingerprint density at radius 1 is 1.28 bits per heavy atom. The van der Waals surface area contributed by atoms with Crippen LogP contribution in [0.4, 0.5) is 5.69 Å². The van der Waals surface area contributed by atoms with E-state index >= 15 is 0 Å². The van der Waals surface area contributed by atoms with Crippen LogP contribution in [0.1, 0.15) is 17.0 Å². The number of nitrogens with one attached hydrogen (secondary N) is 2. The molecular formula is C14H15BrN2O. The van der Waals surface area contributed by atoms with Crippen LogP contribution in [-0.4, -0.2) is 10.9 Å². The summed E-state index contributed by atoms with van der Waals surface area (Å²) in [4.78, 5) is 15.1. The molecule has 0 aliphatic rings. The Morgan fingerprint density at radius 3 is 2.50 bits per heavy atom. The molecule has 94 valence electrons. The molecule has 0 spiro atoms. The molecule has 1 heterocycles. The van der Waals surface area contributed by atoms with Gasteiger partial charge < -0.3 is 10.3 Å². The normalized spacial score (nSPS) is 10.4. The molecule has 0 radical (unpaired) electrons. The fraction of sp³-hybridized carbons (Fsp3) is 0.214. The van der Waals surface area contributed by atoms with Crippen molar-refractivity contribution >= 4 is 27.5 Å². The monoisotopic (exact) mass is 306 g/mol. The minimum absolute atomic E-state index is 0.000535. The Morgan fingerprint density at radius 2 is 1.94 bits per heavy atom. The lowest BCUT2D eigenvalue weighted by Gasteiger charge is -2.05. The van der Waals surface area contributed by atoms with Crippen molar-refractivity contribution in [3.63, 3.8) is 0 Å². The van der Waals surface area contributed by atoms with Crippen LogP contribution < -0.4 is 5.32 Å². The number of hydrogen-bond donors (Lipinski definition) is 2. The average molecular weight is 307 g/mol. The second-order valence-corrected chi connectivity index (χ2v) is 5.25. The van der Waals surface area contributed by atoms with Crippen LogP contribution in [-0.2, 0) is 11.2 Å². The standard InChI is InChI=1S/C14H15BrN2O/c1-9-7-11(10(2)16-9)8-14(18)17-13-5-3-12(15)4-6-13/h3-7,16H,8H2,1-2H3,(H,17,18). The molecule has 2 N–H and O–H groups in total. The SMILES string of the molecule is Cc1cc(CC(=O)Nc2ccc(Br)cc2)c(C)[nH]1. The van der Waals surface area contributed by atoms with Crippen LogP contribution >= 0.6 is 15.9 Å². The number of hydrogen-bond acceptors (Lipinski definition) is 1. The number of carbonyl (C=O) groups excluding carboxylic acids is 1. The van der Waals surface area contributed by atoms with E-state index in [4.69, 9.17) is 0 Å². The highest BCUT2D eigenvalue weighted by molar-refractivity contribution is 9.10. The number of halogens is 1. The molecule has 2 aromatic rings. The number of carbonyl (C=O) groups is 1. The predicted octanol–water partition coefficient (Wildman–Crippen LogP) is 3.58. The average Bonchev–Trinajstić information content (AvgIpc) is 2.61. The van der Waals surface area contributed by atoms with Gasteiger partial charge in [0.25, 0.3) is 0 Å². The van der Waals surface area contributed by atoms with Crippen LogP contribution in [0, 0.1) is 13.8 Å². The predicted molar refractivity (Wildman–Crippen MR) is 76.7 cm³/mol. The minimum atomic E-state index is -0.000535. The quantitative estimate of drug-likeness (QED) is 0.894. The molecule has 0 saturated carbocycles. The fourth-order valence-electron chi connectivity index (χ4n) is 1.88. The molecule has 0 aliphatic carbocycles. The zero-order valence-electron chi connectivity index (χ0n) is 10.4. The maximum Gasteiger partial charge on any atom is 0.228 e. The Labute approximate surface area is 115 Å². The van der Waals surface area contributed by atoms with E-state index < -0.39 is 0 Å². The van der Waals surface area contributed by atoms with Crippen LogP contribution in [0.3, 0.4) is 0 Å². The third-order valence-corrected chi connectivity index (χ3v) is 3.26. The molecule has 18 heavy (non-hydrogen) atoms. The van der Waals surface area contributed by atoms with E-state index in [1.54, 1.807) is 0 Å². The summed E-state index contributed by atoms with van der Waals surface area (Å²) < 4.78 is 0.998. The highest BCUT2D eigenvalue weighted by Gasteiger charge is 2.08. The van der Waals surface area contributed by atoms with Crippen LogP contribution in [0.15, 0.2) is 34.8 Å². The molecule has 0 unspecified atom stereocenters. The van der Waals surface area contributed by atoms with Crippen molar-refractivity contribution < 1.29 is 4.79 Å². The summed E-state index contributed by atoms with van der Waals surface area (Å²) in [5, 5.41) is 2.88. The van der Waals surface area contributed by atoms with Crippen molar-refractivity contribution in [1.82, 2.24) is 4.98 Å². The van der Waals surface area contributed by atoms with E-state index in [0.29, 0.717) is 6.42 Å². The van der Waals surface area contributed by atoms with Gasteiger partial charge in [0.1, 0.15) is 0 Å². The number of anilines is 1. The van der Waals surface area contributed by atoms with Crippen LogP contribution in [0.25, 0.3) is 0 Å². The van der Waals surface area contributed by atoms with Gasteiger partial charge >= 0.3 is 0 Å². The molecule has 1 amide bonds. The molecule has 4 heteroatoms. The first-order chi connectivity index (χ1) is 8.54. The van der Waals surface area contributed by atoms with Gasteiger partial charge in [-0.25, -0.2) is 0 Å². The molecule has 0 aliphatic heterocycles. The van der Waals surface area contributed by atoms with Crippen molar-refractivity contribution in [2.24, 2.45) is 0 Å². The number of amides is 1. The summed E-state index contributed by atoms with van der Waals surface area (Å²) in [6.45, 7) is 3.97. The van der Waals surface area contributed by atoms with Crippen molar-refractivity contribution in [3.05, 3.63) is 51.8 Å². The van der Waals surface area contributed by atoms with Gasteiger partial charge in [-0.1, -0.05) is 15.9 Å². The lowest BCUT2D eigenvalue weighted by Crippen LogP contribution is -2.14. The van der Waals surface area contributed by atoms with Crippen LogP contribution in [0.5, 0.6) is 0 Å². The maximum absolute atomic E-state index is 11.9. The second kappa shape index (κ2) is 5.40. The van der Waals surface area contributed by atoms with E-state index in [1.807, 2.05) is 44.2 Å². The number of rotatable bonds is 3. The lowest BCUT2D eigenvalue weighted by molar-refractivity contribution is -0.115. The summed E-state index contributed by atoms with van der Waals surface area (Å²) in [6, 6.07) is 9.56. The van der Waals surface area contributed by atoms with E-state index in [9.17, 15) is 4.79 Å². The molecule has 1 aromatic carbocycles. The van der Waals surface area contributed by atoms with E-state index in [2.05, 4.69) is 26.2 Å². The highest BCUT2D eigenvalue weighted by atomic mass is 79.9. The number of benzene rings is 1. The van der Waals surface area contributed by atoms with Crippen molar-refractivity contribution in [2.75, 3.05) is 5.32 Å². The maximum atomic E-state index is 11.9. The topological polar surface area (TPSA) is 44.9 Å². The summed E-state index contributed by atoms with van der Waals surface area (Å²) in [7, 11) is 0. The molecule has 0 bridgehead atoms. The van der Waals surface area contributed by atoms with E-state index in [-0.39, 0.29) is 5.91 Å². The van der Waals surface area contributed by atoms with Gasteiger partial charge in [-0.3, -0.25) is 4.79 Å². The largest absolute Gasteiger partial charge is 0.362 e. The lowest BCUT2D eigenvalue weighted by atomic mass is 10.1. The van der Waals surface area contributed by atoms with Gasteiger partial charge in [0.15, 0.2) is 0 Å². The fourth-order valence-corrected chi connectivity index (χ4v) is 2.14. The zero-order chi connectivity index (χ0) is 13.1. The minimum Gasteiger partial charge on any atom is -0.362 e. The van der Waals surface area contributed by atoms with Gasteiger partial charge in [0.2, 0.25) is 5.91 Å². The van der Waals surface area contributed by atoms with Crippen molar-refractivity contribution in [2.45, 2.75) is 20.3 Å². The highest BCUT2D eigenvalue weighted by Crippen LogP contribution is 2.15. The molecule has 0 atom stereocenters. The van der Waals surface area contributed by atoms with E-state index in [0.717, 1.165) is 27.1 Å². The van der Waals surface area contributed by atoms with Crippen LogP contribution in [0.2, 0.25) is 0 Å². The van der Waals surface area contributed by atoms with Crippen molar-refractivity contribution in [1.29, 1.82) is 0 Å². The summed E-state index contributed by atoms with van der Waals surface area (Å²) in [6.07, 6.45) is 0.395. The second-order valence-electron chi connectivity index (χ2n) is 4.33.